The van der Waals surface area contributed by atoms with Gasteiger partial charge in [-0.25, -0.2) is 4.98 Å². The van der Waals surface area contributed by atoms with Gasteiger partial charge in [-0.2, -0.15) is 4.39 Å². The SMILES string of the molecule is O=C(c1ccc(F)nc1)N1CC=C(c2ccccc2)CC1. The van der Waals surface area contributed by atoms with Crippen LogP contribution >= 0.6 is 0 Å². The van der Waals surface area contributed by atoms with E-state index >= 15 is 0 Å². The molecule has 0 saturated carbocycles. The van der Waals surface area contributed by atoms with Crippen LogP contribution in [0.4, 0.5) is 4.39 Å². The Kier molecular flexibility index (Phi) is 3.77. The molecule has 3 nitrogen and oxygen atoms in total. The number of hydrogen-bond acceptors (Lipinski definition) is 2. The van der Waals surface area contributed by atoms with Crippen molar-refractivity contribution in [1.29, 1.82) is 0 Å². The summed E-state index contributed by atoms with van der Waals surface area (Å²) in [5.41, 5.74) is 2.89. The normalized spacial score (nSPS) is 14.7. The Morgan fingerprint density at radius 1 is 1.14 bits per heavy atom. The minimum Gasteiger partial charge on any atom is -0.335 e. The van der Waals surface area contributed by atoms with Gasteiger partial charge in [0.25, 0.3) is 5.91 Å². The zero-order valence-electron chi connectivity index (χ0n) is 11.5. The van der Waals surface area contributed by atoms with Crippen LogP contribution in [0.15, 0.2) is 54.7 Å². The molecule has 1 aromatic carbocycles. The van der Waals surface area contributed by atoms with Gasteiger partial charge in [0.2, 0.25) is 5.95 Å². The maximum atomic E-state index is 12.8. The Hall–Kier alpha value is -2.49. The van der Waals surface area contributed by atoms with Gasteiger partial charge in [-0.1, -0.05) is 36.4 Å². The predicted octanol–water partition coefficient (Wildman–Crippen LogP) is 3.15. The Morgan fingerprint density at radius 2 is 1.95 bits per heavy atom. The fraction of sp³-hybridized carbons (Fsp3) is 0.176. The molecule has 1 amide bonds. The smallest absolute Gasteiger partial charge is 0.255 e. The molecule has 106 valence electrons. The minimum atomic E-state index is -0.573. The van der Waals surface area contributed by atoms with Crippen LogP contribution in [0.3, 0.4) is 0 Å². The molecule has 0 saturated heterocycles. The molecule has 21 heavy (non-hydrogen) atoms. The van der Waals surface area contributed by atoms with Gasteiger partial charge in [0, 0.05) is 19.3 Å². The Balaban J connectivity index is 1.72. The van der Waals surface area contributed by atoms with E-state index in [1.807, 2.05) is 18.2 Å². The maximum Gasteiger partial charge on any atom is 0.255 e. The predicted molar refractivity (Wildman–Crippen MR) is 79.1 cm³/mol. The molecule has 4 heteroatoms. The third-order valence-corrected chi connectivity index (χ3v) is 3.62. The number of amides is 1. The molecule has 1 aliphatic heterocycles. The quantitative estimate of drug-likeness (QED) is 0.793. The lowest BCUT2D eigenvalue weighted by Crippen LogP contribution is -2.34. The van der Waals surface area contributed by atoms with Crippen LogP contribution in [0.25, 0.3) is 5.57 Å². The van der Waals surface area contributed by atoms with E-state index in [0.29, 0.717) is 18.7 Å². The Bertz CT molecular complexity index is 665. The summed E-state index contributed by atoms with van der Waals surface area (Å²) in [5.74, 6) is -0.678. The summed E-state index contributed by atoms with van der Waals surface area (Å²) in [4.78, 5) is 17.6. The third kappa shape index (κ3) is 2.99. The lowest BCUT2D eigenvalue weighted by atomic mass is 9.99. The van der Waals surface area contributed by atoms with E-state index < -0.39 is 5.95 Å². The molecule has 0 N–H and O–H groups in total. The lowest BCUT2D eigenvalue weighted by Gasteiger charge is -2.26. The number of rotatable bonds is 2. The van der Waals surface area contributed by atoms with Crippen molar-refractivity contribution < 1.29 is 9.18 Å². The topological polar surface area (TPSA) is 33.2 Å². The van der Waals surface area contributed by atoms with Gasteiger partial charge in [-0.15, -0.1) is 0 Å². The summed E-state index contributed by atoms with van der Waals surface area (Å²) >= 11 is 0. The van der Waals surface area contributed by atoms with E-state index in [2.05, 4.69) is 23.2 Å². The van der Waals surface area contributed by atoms with E-state index in [-0.39, 0.29) is 5.91 Å². The number of carbonyl (C=O) groups is 1. The number of hydrogen-bond donors (Lipinski definition) is 0. The van der Waals surface area contributed by atoms with Crippen molar-refractivity contribution in [1.82, 2.24) is 9.88 Å². The molecule has 0 unspecified atom stereocenters. The second-order valence-corrected chi connectivity index (χ2v) is 4.97. The van der Waals surface area contributed by atoms with Gasteiger partial charge in [0.05, 0.1) is 5.56 Å². The number of pyridine rings is 1. The van der Waals surface area contributed by atoms with E-state index in [1.165, 1.54) is 29.5 Å². The van der Waals surface area contributed by atoms with Gasteiger partial charge in [-0.05, 0) is 29.7 Å². The molecule has 2 aromatic rings. The highest BCUT2D eigenvalue weighted by atomic mass is 19.1. The fourth-order valence-corrected chi connectivity index (χ4v) is 2.45. The Labute approximate surface area is 122 Å². The highest BCUT2D eigenvalue weighted by molar-refractivity contribution is 5.94. The first-order valence-corrected chi connectivity index (χ1v) is 6.89. The average molecular weight is 282 g/mol. The molecule has 1 aliphatic rings. The van der Waals surface area contributed by atoms with Gasteiger partial charge < -0.3 is 4.90 Å². The highest BCUT2D eigenvalue weighted by Crippen LogP contribution is 2.22. The van der Waals surface area contributed by atoms with Crippen molar-refractivity contribution in [3.8, 4) is 0 Å². The first kappa shape index (κ1) is 13.5. The molecule has 0 bridgehead atoms. The molecule has 2 heterocycles. The molecule has 0 aliphatic carbocycles. The summed E-state index contributed by atoms with van der Waals surface area (Å²) in [6.45, 7) is 1.23. The summed E-state index contributed by atoms with van der Waals surface area (Å²) in [6, 6.07) is 12.9. The van der Waals surface area contributed by atoms with Crippen LogP contribution in [-0.4, -0.2) is 28.9 Å². The second-order valence-electron chi connectivity index (χ2n) is 4.97. The number of nitrogens with zero attached hydrogens (tertiary/aromatic N) is 2. The molecular weight excluding hydrogens is 267 g/mol. The van der Waals surface area contributed by atoms with Gasteiger partial charge >= 0.3 is 0 Å². The zero-order chi connectivity index (χ0) is 14.7. The van der Waals surface area contributed by atoms with E-state index in [4.69, 9.17) is 0 Å². The van der Waals surface area contributed by atoms with Crippen molar-refractivity contribution >= 4 is 11.5 Å². The summed E-state index contributed by atoms with van der Waals surface area (Å²) in [6.07, 6.45) is 4.19. The largest absolute Gasteiger partial charge is 0.335 e. The van der Waals surface area contributed by atoms with Crippen LogP contribution in [0.2, 0.25) is 0 Å². The number of halogens is 1. The van der Waals surface area contributed by atoms with Crippen LogP contribution in [0.5, 0.6) is 0 Å². The second kappa shape index (κ2) is 5.87. The summed E-state index contributed by atoms with van der Waals surface area (Å²) < 4.78 is 12.8. The number of benzene rings is 1. The number of aromatic nitrogens is 1. The van der Waals surface area contributed by atoms with Crippen LogP contribution < -0.4 is 0 Å². The minimum absolute atomic E-state index is 0.106. The molecule has 1 aromatic heterocycles. The molecule has 0 fully saturated rings. The monoisotopic (exact) mass is 282 g/mol. The van der Waals surface area contributed by atoms with Crippen molar-refractivity contribution in [3.05, 3.63) is 71.8 Å². The van der Waals surface area contributed by atoms with E-state index in [0.717, 1.165) is 6.42 Å². The maximum absolute atomic E-state index is 12.8. The van der Waals surface area contributed by atoms with Crippen molar-refractivity contribution in [2.75, 3.05) is 13.1 Å². The summed E-state index contributed by atoms with van der Waals surface area (Å²) in [7, 11) is 0. The molecule has 0 spiro atoms. The third-order valence-electron chi connectivity index (χ3n) is 3.62. The van der Waals surface area contributed by atoms with Gasteiger partial charge in [-0.3, -0.25) is 4.79 Å². The summed E-state index contributed by atoms with van der Waals surface area (Å²) in [5, 5.41) is 0. The standard InChI is InChI=1S/C17H15FN2O/c18-16-7-6-15(12-19-16)17(21)20-10-8-14(9-11-20)13-4-2-1-3-5-13/h1-8,12H,9-11H2. The van der Waals surface area contributed by atoms with Gasteiger partial charge in [0.15, 0.2) is 0 Å². The average Bonchev–Trinajstić information content (AvgIpc) is 2.56. The fourth-order valence-electron chi connectivity index (χ4n) is 2.45. The van der Waals surface area contributed by atoms with Crippen LogP contribution in [-0.2, 0) is 0 Å². The molecule has 0 radical (unpaired) electrons. The highest BCUT2D eigenvalue weighted by Gasteiger charge is 2.19. The lowest BCUT2D eigenvalue weighted by molar-refractivity contribution is 0.0772. The Morgan fingerprint density at radius 3 is 2.57 bits per heavy atom. The number of carbonyl (C=O) groups excluding carboxylic acids is 1. The van der Waals surface area contributed by atoms with Crippen molar-refractivity contribution in [2.45, 2.75) is 6.42 Å². The zero-order valence-corrected chi connectivity index (χ0v) is 11.5. The molecular formula is C17H15FN2O. The van der Waals surface area contributed by atoms with Crippen LogP contribution in [0, 0.1) is 5.95 Å². The van der Waals surface area contributed by atoms with E-state index in [1.54, 1.807) is 4.90 Å². The van der Waals surface area contributed by atoms with E-state index in [9.17, 15) is 9.18 Å². The van der Waals surface area contributed by atoms with Crippen molar-refractivity contribution in [3.63, 3.8) is 0 Å². The molecule has 0 atom stereocenters. The first-order valence-electron chi connectivity index (χ1n) is 6.89. The van der Waals surface area contributed by atoms with Crippen LogP contribution in [0.1, 0.15) is 22.3 Å². The van der Waals surface area contributed by atoms with Crippen molar-refractivity contribution in [2.24, 2.45) is 0 Å². The first-order chi connectivity index (χ1) is 10.2. The molecule has 3 rings (SSSR count). The van der Waals surface area contributed by atoms with Gasteiger partial charge in [0.1, 0.15) is 0 Å².